The molecule has 3 aromatic rings. The van der Waals surface area contributed by atoms with E-state index < -0.39 is 5.91 Å². The number of aromatic nitrogens is 1. The monoisotopic (exact) mass is 320 g/mol. The number of nitrogens with one attached hydrogen (secondary N) is 1. The minimum Gasteiger partial charge on any atom is -0.355 e. The molecule has 0 atom stereocenters. The van der Waals surface area contributed by atoms with Crippen LogP contribution in [0.1, 0.15) is 16.1 Å². The van der Waals surface area contributed by atoms with E-state index in [0.717, 1.165) is 5.56 Å². The van der Waals surface area contributed by atoms with Crippen molar-refractivity contribution < 1.29 is 13.7 Å². The average Bonchev–Trinajstić information content (AvgIpc) is 3.11. The van der Waals surface area contributed by atoms with E-state index in [-0.39, 0.29) is 18.1 Å². The van der Waals surface area contributed by atoms with Crippen molar-refractivity contribution in [2.45, 2.75) is 0 Å². The fourth-order valence-electron chi connectivity index (χ4n) is 2.04. The van der Waals surface area contributed by atoms with Gasteiger partial charge < -0.3 is 9.84 Å². The molecular formula is C19H13FN2O2. The number of rotatable bonds is 3. The van der Waals surface area contributed by atoms with E-state index >= 15 is 0 Å². The third-order valence-corrected chi connectivity index (χ3v) is 3.24. The molecule has 1 aromatic heterocycles. The maximum atomic E-state index is 13.4. The zero-order valence-corrected chi connectivity index (χ0v) is 12.6. The van der Waals surface area contributed by atoms with Crippen LogP contribution in [0.2, 0.25) is 0 Å². The van der Waals surface area contributed by atoms with E-state index in [0.29, 0.717) is 11.3 Å². The molecule has 3 rings (SSSR count). The summed E-state index contributed by atoms with van der Waals surface area (Å²) in [6.45, 7) is 0.0840. The number of hydrogen-bond donors (Lipinski definition) is 1. The van der Waals surface area contributed by atoms with E-state index in [1.54, 1.807) is 24.3 Å². The Kier molecular flexibility index (Phi) is 4.68. The maximum Gasteiger partial charge on any atom is 0.274 e. The Balaban J connectivity index is 1.61. The second-order valence-corrected chi connectivity index (χ2v) is 4.91. The van der Waals surface area contributed by atoms with Gasteiger partial charge >= 0.3 is 0 Å². The Bertz CT molecular complexity index is 908. The van der Waals surface area contributed by atoms with E-state index in [4.69, 9.17) is 4.52 Å². The Morgan fingerprint density at radius 3 is 2.67 bits per heavy atom. The lowest BCUT2D eigenvalue weighted by Gasteiger charge is -1.96. The van der Waals surface area contributed by atoms with E-state index in [9.17, 15) is 9.18 Å². The lowest BCUT2D eigenvalue weighted by Crippen LogP contribution is -2.23. The molecule has 0 spiro atoms. The summed E-state index contributed by atoms with van der Waals surface area (Å²) in [6, 6.07) is 17.1. The van der Waals surface area contributed by atoms with Crippen LogP contribution in [0.3, 0.4) is 0 Å². The molecule has 0 aliphatic heterocycles. The fourth-order valence-corrected chi connectivity index (χ4v) is 2.04. The summed E-state index contributed by atoms with van der Waals surface area (Å²) in [5.41, 5.74) is 1.30. The second-order valence-electron chi connectivity index (χ2n) is 4.91. The normalized spacial score (nSPS) is 9.88. The van der Waals surface area contributed by atoms with Crippen LogP contribution >= 0.6 is 0 Å². The maximum absolute atomic E-state index is 13.4. The quantitative estimate of drug-likeness (QED) is 0.754. The third kappa shape index (κ3) is 3.68. The topological polar surface area (TPSA) is 55.1 Å². The Morgan fingerprint density at radius 1 is 1.12 bits per heavy atom. The average molecular weight is 320 g/mol. The van der Waals surface area contributed by atoms with Crippen LogP contribution in [-0.2, 0) is 0 Å². The van der Waals surface area contributed by atoms with Gasteiger partial charge in [0.1, 0.15) is 5.82 Å². The molecule has 1 heterocycles. The molecule has 0 aliphatic carbocycles. The van der Waals surface area contributed by atoms with Gasteiger partial charge in [0.15, 0.2) is 11.5 Å². The van der Waals surface area contributed by atoms with Crippen LogP contribution in [0.5, 0.6) is 0 Å². The number of carbonyl (C=O) groups excluding carboxylic acids is 1. The van der Waals surface area contributed by atoms with E-state index in [2.05, 4.69) is 22.3 Å². The predicted molar refractivity (Wildman–Crippen MR) is 87.6 cm³/mol. The zero-order valence-electron chi connectivity index (χ0n) is 12.6. The molecule has 1 N–H and O–H groups in total. The second kappa shape index (κ2) is 7.25. The minimum atomic E-state index is -0.399. The molecule has 0 saturated heterocycles. The molecule has 1 amide bonds. The Hall–Kier alpha value is -3.39. The number of halogens is 1. The van der Waals surface area contributed by atoms with Gasteiger partial charge in [-0.2, -0.15) is 0 Å². The third-order valence-electron chi connectivity index (χ3n) is 3.24. The summed E-state index contributed by atoms with van der Waals surface area (Å²) in [5.74, 6) is 5.09. The lowest BCUT2D eigenvalue weighted by molar-refractivity contribution is 0.0950. The molecule has 0 aliphatic rings. The van der Waals surface area contributed by atoms with Gasteiger partial charge in [-0.1, -0.05) is 59.5 Å². The fraction of sp³-hybridized carbons (Fsp3) is 0.0526. The molecule has 5 heteroatoms. The summed E-state index contributed by atoms with van der Waals surface area (Å²) in [6.07, 6.45) is 0. The highest BCUT2D eigenvalue weighted by Crippen LogP contribution is 2.19. The van der Waals surface area contributed by atoms with Gasteiger partial charge in [0.2, 0.25) is 0 Å². The summed E-state index contributed by atoms with van der Waals surface area (Å²) in [4.78, 5) is 12.0. The van der Waals surface area contributed by atoms with Crippen LogP contribution in [0.4, 0.5) is 4.39 Å². The molecular weight excluding hydrogens is 307 g/mol. The zero-order chi connectivity index (χ0) is 16.8. The van der Waals surface area contributed by atoms with Crippen LogP contribution < -0.4 is 5.32 Å². The smallest absolute Gasteiger partial charge is 0.274 e. The van der Waals surface area contributed by atoms with Crippen LogP contribution in [0, 0.1) is 17.7 Å². The summed E-state index contributed by atoms with van der Waals surface area (Å²) in [7, 11) is 0. The van der Waals surface area contributed by atoms with Crippen LogP contribution in [-0.4, -0.2) is 17.6 Å². The van der Waals surface area contributed by atoms with Crippen molar-refractivity contribution in [1.29, 1.82) is 0 Å². The molecule has 4 nitrogen and oxygen atoms in total. The molecule has 0 radical (unpaired) electrons. The van der Waals surface area contributed by atoms with Gasteiger partial charge in [-0.25, -0.2) is 4.39 Å². The van der Waals surface area contributed by atoms with E-state index in [1.165, 1.54) is 6.07 Å². The number of amides is 1. The molecule has 24 heavy (non-hydrogen) atoms. The first kappa shape index (κ1) is 15.5. The Labute approximate surface area is 138 Å². The molecule has 118 valence electrons. The first-order valence-corrected chi connectivity index (χ1v) is 7.28. The van der Waals surface area contributed by atoms with Crippen molar-refractivity contribution in [3.05, 3.63) is 77.7 Å². The van der Waals surface area contributed by atoms with Gasteiger partial charge in [-0.15, -0.1) is 0 Å². The highest BCUT2D eigenvalue weighted by atomic mass is 19.1. The van der Waals surface area contributed by atoms with Crippen molar-refractivity contribution in [1.82, 2.24) is 10.5 Å². The van der Waals surface area contributed by atoms with Gasteiger partial charge in [0.25, 0.3) is 5.91 Å². The molecule has 0 bridgehead atoms. The first-order valence-electron chi connectivity index (χ1n) is 7.28. The minimum absolute atomic E-state index is 0.0840. The molecule has 0 saturated carbocycles. The van der Waals surface area contributed by atoms with Crippen molar-refractivity contribution >= 4 is 5.91 Å². The molecule has 0 fully saturated rings. The van der Waals surface area contributed by atoms with Crippen molar-refractivity contribution in [3.8, 4) is 23.2 Å². The number of benzene rings is 2. The van der Waals surface area contributed by atoms with Gasteiger partial charge in [0, 0.05) is 11.6 Å². The number of hydrogen-bond acceptors (Lipinski definition) is 3. The van der Waals surface area contributed by atoms with Gasteiger partial charge in [-0.05, 0) is 12.1 Å². The van der Waals surface area contributed by atoms with E-state index in [1.807, 2.05) is 30.3 Å². The highest BCUT2D eigenvalue weighted by Gasteiger charge is 2.12. The SMILES string of the molecule is O=C(NCC#Cc1ccccc1F)c1cc(-c2ccccc2)on1. The summed E-state index contributed by atoms with van der Waals surface area (Å²) >= 11 is 0. The number of carbonyl (C=O) groups is 1. The van der Waals surface area contributed by atoms with Crippen molar-refractivity contribution in [2.24, 2.45) is 0 Å². The van der Waals surface area contributed by atoms with Gasteiger partial charge in [0.05, 0.1) is 12.1 Å². The predicted octanol–water partition coefficient (Wildman–Crippen LogP) is 3.26. The first-order chi connectivity index (χ1) is 11.7. The lowest BCUT2D eigenvalue weighted by atomic mass is 10.1. The number of nitrogens with zero attached hydrogens (tertiary/aromatic N) is 1. The highest BCUT2D eigenvalue weighted by molar-refractivity contribution is 5.93. The standard InChI is InChI=1S/C19H13FN2O2/c20-16-11-5-4-7-14(16)10-6-12-21-19(23)17-13-18(24-22-17)15-8-2-1-3-9-15/h1-5,7-9,11,13H,12H2,(H,21,23). The van der Waals surface area contributed by atoms with Crippen LogP contribution in [0.25, 0.3) is 11.3 Å². The van der Waals surface area contributed by atoms with Crippen molar-refractivity contribution in [3.63, 3.8) is 0 Å². The van der Waals surface area contributed by atoms with Crippen LogP contribution in [0.15, 0.2) is 65.2 Å². The summed E-state index contributed by atoms with van der Waals surface area (Å²) in [5, 5.41) is 6.34. The summed E-state index contributed by atoms with van der Waals surface area (Å²) < 4.78 is 18.6. The van der Waals surface area contributed by atoms with Crippen molar-refractivity contribution in [2.75, 3.05) is 6.54 Å². The molecule has 2 aromatic carbocycles. The van der Waals surface area contributed by atoms with Gasteiger partial charge in [-0.3, -0.25) is 4.79 Å². The largest absolute Gasteiger partial charge is 0.355 e. The molecule has 0 unspecified atom stereocenters. The Morgan fingerprint density at radius 2 is 1.88 bits per heavy atom.